The average Bonchev–Trinajstić information content (AvgIpc) is 2.67. The van der Waals surface area contributed by atoms with Crippen molar-refractivity contribution in [2.45, 2.75) is 91.0 Å². The summed E-state index contributed by atoms with van der Waals surface area (Å²) < 4.78 is 5.37. The van der Waals surface area contributed by atoms with Gasteiger partial charge < -0.3 is 10.1 Å². The molecule has 0 saturated heterocycles. The molecule has 0 heterocycles. The molecule has 0 aromatic heterocycles. The smallest absolute Gasteiger partial charge is 0.407 e. The quantitative estimate of drug-likeness (QED) is 0.365. The molecule has 0 fully saturated rings. The molecule has 0 aliphatic carbocycles. The fourth-order valence-corrected chi connectivity index (χ4v) is 10.1. The molecule has 0 unspecified atom stereocenters. The zero-order valence-corrected chi connectivity index (χ0v) is 22.4. The number of rotatable bonds is 6. The van der Waals surface area contributed by atoms with Crippen molar-refractivity contribution in [3.05, 3.63) is 47.5 Å². The lowest BCUT2D eigenvalue weighted by Gasteiger charge is -2.38. The lowest BCUT2D eigenvalue weighted by Crippen LogP contribution is -2.43. The van der Waals surface area contributed by atoms with Gasteiger partial charge in [-0.1, -0.05) is 83.9 Å². The fourth-order valence-electron chi connectivity index (χ4n) is 4.89. The van der Waals surface area contributed by atoms with E-state index in [4.69, 9.17) is 4.74 Å². The van der Waals surface area contributed by atoms with Gasteiger partial charge in [-0.15, -0.1) is 5.54 Å². The van der Waals surface area contributed by atoms with Crippen molar-refractivity contribution in [1.82, 2.24) is 5.32 Å². The molecule has 2 aromatic carbocycles. The molecule has 0 radical (unpaired) electrons. The highest BCUT2D eigenvalue weighted by Gasteiger charge is 2.41. The first-order valence-electron chi connectivity index (χ1n) is 11.9. The second-order valence-electron chi connectivity index (χ2n) is 10.6. The highest BCUT2D eigenvalue weighted by atomic mass is 28.3. The van der Waals surface area contributed by atoms with Crippen LogP contribution in [0, 0.1) is 11.5 Å². The lowest BCUT2D eigenvalue weighted by molar-refractivity contribution is 0.0528. The van der Waals surface area contributed by atoms with Crippen LogP contribution in [0.3, 0.4) is 0 Å². The fraction of sp³-hybridized carbons (Fsp3) is 0.536. The minimum Gasteiger partial charge on any atom is -0.444 e. The highest BCUT2D eigenvalue weighted by Crippen LogP contribution is 2.41. The maximum Gasteiger partial charge on any atom is 0.407 e. The molecule has 2 aromatic rings. The molecule has 1 amide bonds. The van der Waals surface area contributed by atoms with Gasteiger partial charge in [0.25, 0.3) is 0 Å². The number of hydrogen-bond donors (Lipinski definition) is 1. The molecule has 0 atom stereocenters. The van der Waals surface area contributed by atoms with Gasteiger partial charge in [0.2, 0.25) is 0 Å². The van der Waals surface area contributed by atoms with Crippen LogP contribution in [0.1, 0.15) is 73.4 Å². The summed E-state index contributed by atoms with van der Waals surface area (Å²) in [5, 5.41) is 5.28. The molecule has 32 heavy (non-hydrogen) atoms. The molecule has 1 N–H and O–H groups in total. The van der Waals surface area contributed by atoms with Gasteiger partial charge in [-0.2, -0.15) is 0 Å². The summed E-state index contributed by atoms with van der Waals surface area (Å²) in [7, 11) is -1.85. The van der Waals surface area contributed by atoms with E-state index in [9.17, 15) is 4.79 Å². The number of hydrogen-bond acceptors (Lipinski definition) is 2. The predicted molar refractivity (Wildman–Crippen MR) is 140 cm³/mol. The standard InChI is InChI=1S/C28H41NO2Si/c1-20(2)32(21(3)4,22(5)6)19-17-26-24(15-14-23-12-10-11-13-25(23)26)16-18-29-27(30)31-28(7,8)9/h10-15,20-22H,16,18H2,1-9H3,(H,29,30). The van der Waals surface area contributed by atoms with Crippen molar-refractivity contribution in [2.75, 3.05) is 6.54 Å². The van der Waals surface area contributed by atoms with E-state index in [0.717, 1.165) is 5.56 Å². The molecule has 0 aliphatic heterocycles. The van der Waals surface area contributed by atoms with Crippen molar-refractivity contribution in [1.29, 1.82) is 0 Å². The summed E-state index contributed by atoms with van der Waals surface area (Å²) in [4.78, 5) is 12.1. The zero-order chi connectivity index (χ0) is 24.1. The van der Waals surface area contributed by atoms with Crippen molar-refractivity contribution in [3.8, 4) is 11.5 Å². The van der Waals surface area contributed by atoms with Crippen LogP contribution >= 0.6 is 0 Å². The van der Waals surface area contributed by atoms with Crippen LogP contribution in [0.5, 0.6) is 0 Å². The number of carbonyl (C=O) groups excluding carboxylic acids is 1. The molecular weight excluding hydrogens is 410 g/mol. The second-order valence-corrected chi connectivity index (χ2v) is 16.2. The molecule has 3 nitrogen and oxygen atoms in total. The van der Waals surface area contributed by atoms with Gasteiger partial charge >= 0.3 is 6.09 Å². The maximum absolute atomic E-state index is 12.1. The Kier molecular flexibility index (Phi) is 8.59. The van der Waals surface area contributed by atoms with Crippen molar-refractivity contribution >= 4 is 24.9 Å². The minimum absolute atomic E-state index is 0.378. The van der Waals surface area contributed by atoms with Gasteiger partial charge in [0.15, 0.2) is 0 Å². The summed E-state index contributed by atoms with van der Waals surface area (Å²) in [6, 6.07) is 12.8. The normalized spacial score (nSPS) is 12.2. The van der Waals surface area contributed by atoms with Crippen molar-refractivity contribution < 1.29 is 9.53 Å². The first kappa shape index (κ1) is 26.0. The van der Waals surface area contributed by atoms with Crippen molar-refractivity contribution in [2.24, 2.45) is 0 Å². The lowest BCUT2D eigenvalue weighted by atomic mass is 9.97. The van der Waals surface area contributed by atoms with Gasteiger partial charge in [-0.25, -0.2) is 4.79 Å². The van der Waals surface area contributed by atoms with Gasteiger partial charge in [-0.3, -0.25) is 0 Å². The average molecular weight is 452 g/mol. The number of ether oxygens (including phenoxy) is 1. The SMILES string of the molecule is CC(C)[Si](C#Cc1c(CCNC(=O)OC(C)(C)C)ccc2ccccc12)(C(C)C)C(C)C. The Balaban J connectivity index is 2.45. The van der Waals surface area contributed by atoms with Crippen LogP contribution in [0.25, 0.3) is 10.8 Å². The highest BCUT2D eigenvalue weighted by molar-refractivity contribution is 6.90. The van der Waals surface area contributed by atoms with Gasteiger partial charge in [0.05, 0.1) is 0 Å². The number of carbonyl (C=O) groups is 1. The maximum atomic E-state index is 12.1. The predicted octanol–water partition coefficient (Wildman–Crippen LogP) is 7.48. The number of fused-ring (bicyclic) bond motifs is 1. The monoisotopic (exact) mass is 451 g/mol. The Morgan fingerprint density at radius 2 is 1.56 bits per heavy atom. The van der Waals surface area contributed by atoms with Crippen LogP contribution in [-0.2, 0) is 11.2 Å². The molecule has 174 valence electrons. The third-order valence-electron chi connectivity index (χ3n) is 6.35. The van der Waals surface area contributed by atoms with E-state index in [-0.39, 0.29) is 6.09 Å². The third-order valence-corrected chi connectivity index (χ3v) is 12.6. The van der Waals surface area contributed by atoms with E-state index in [2.05, 4.69) is 94.7 Å². The number of alkyl carbamates (subject to hydrolysis) is 1. The molecule has 4 heteroatoms. The molecule has 0 saturated carbocycles. The summed E-state index contributed by atoms with van der Waals surface area (Å²) in [6.07, 6.45) is 0.338. The van der Waals surface area contributed by atoms with E-state index in [1.54, 1.807) is 0 Å². The van der Waals surface area contributed by atoms with Gasteiger partial charge in [0.1, 0.15) is 13.7 Å². The van der Waals surface area contributed by atoms with Crippen LogP contribution < -0.4 is 5.32 Å². The second kappa shape index (κ2) is 10.6. The largest absolute Gasteiger partial charge is 0.444 e. The number of amides is 1. The molecule has 2 rings (SSSR count). The van der Waals surface area contributed by atoms with Gasteiger partial charge in [0, 0.05) is 12.1 Å². The third kappa shape index (κ3) is 6.16. The number of benzene rings is 2. The Labute approximate surface area is 196 Å². The summed E-state index contributed by atoms with van der Waals surface area (Å²) in [5.74, 6) is 3.69. The molecule has 0 aliphatic rings. The van der Waals surface area contributed by atoms with E-state index in [0.29, 0.717) is 29.6 Å². The van der Waals surface area contributed by atoms with E-state index in [1.807, 2.05) is 20.8 Å². The van der Waals surface area contributed by atoms with E-state index in [1.165, 1.54) is 16.3 Å². The molecule has 0 spiro atoms. The molecule has 0 bridgehead atoms. The first-order valence-corrected chi connectivity index (χ1v) is 14.1. The Morgan fingerprint density at radius 3 is 2.12 bits per heavy atom. The Hall–Kier alpha value is -2.25. The summed E-state index contributed by atoms with van der Waals surface area (Å²) in [6.45, 7) is 20.2. The minimum atomic E-state index is -1.85. The zero-order valence-electron chi connectivity index (χ0n) is 21.4. The Morgan fingerprint density at radius 1 is 0.969 bits per heavy atom. The summed E-state index contributed by atoms with van der Waals surface area (Å²) in [5.41, 5.74) is 7.42. The van der Waals surface area contributed by atoms with Gasteiger partial charge in [-0.05, 0) is 60.2 Å². The summed E-state index contributed by atoms with van der Waals surface area (Å²) >= 11 is 0. The van der Waals surface area contributed by atoms with E-state index >= 15 is 0 Å². The number of nitrogens with one attached hydrogen (secondary N) is 1. The van der Waals surface area contributed by atoms with Crippen LogP contribution in [0.4, 0.5) is 4.79 Å². The van der Waals surface area contributed by atoms with Crippen LogP contribution in [0.2, 0.25) is 16.6 Å². The molecular formula is C28H41NO2Si. The van der Waals surface area contributed by atoms with Crippen molar-refractivity contribution in [3.63, 3.8) is 0 Å². The van der Waals surface area contributed by atoms with Crippen LogP contribution in [0.15, 0.2) is 36.4 Å². The topological polar surface area (TPSA) is 38.3 Å². The first-order chi connectivity index (χ1) is 14.9. The van der Waals surface area contributed by atoms with E-state index < -0.39 is 13.7 Å². The van der Waals surface area contributed by atoms with Crippen LogP contribution in [-0.4, -0.2) is 26.3 Å². The Bertz CT molecular complexity index is 968.